The van der Waals surface area contributed by atoms with Gasteiger partial charge >= 0.3 is 5.97 Å². The van der Waals surface area contributed by atoms with Gasteiger partial charge in [-0.3, -0.25) is 0 Å². The number of hydrogen-bond donors (Lipinski definition) is 0. The quantitative estimate of drug-likeness (QED) is 0.805. The summed E-state index contributed by atoms with van der Waals surface area (Å²) in [6.45, 7) is 1.83. The lowest BCUT2D eigenvalue weighted by Crippen LogP contribution is -2.08. The molecule has 0 atom stereocenters. The van der Waals surface area contributed by atoms with Gasteiger partial charge in [0.1, 0.15) is 5.82 Å². The number of ether oxygens (including phenoxy) is 2. The van der Waals surface area contributed by atoms with Gasteiger partial charge in [0.15, 0.2) is 23.0 Å². The van der Waals surface area contributed by atoms with Crippen molar-refractivity contribution in [1.82, 2.24) is 4.98 Å². The third-order valence-electron chi connectivity index (χ3n) is 2.35. The zero-order chi connectivity index (χ0) is 14.5. The summed E-state index contributed by atoms with van der Waals surface area (Å²) in [5, 5.41) is 0. The van der Waals surface area contributed by atoms with Gasteiger partial charge in [-0.15, -0.1) is 0 Å². The van der Waals surface area contributed by atoms with Gasteiger partial charge in [-0.1, -0.05) is 0 Å². The monoisotopic (exact) mass is 279 g/mol. The van der Waals surface area contributed by atoms with E-state index in [0.717, 1.165) is 12.1 Å². The van der Waals surface area contributed by atoms with Crippen molar-refractivity contribution in [3.8, 4) is 11.5 Å². The minimum absolute atomic E-state index is 0.0384. The van der Waals surface area contributed by atoms with Crippen LogP contribution < -0.4 is 4.74 Å². The SMILES string of the molecule is CCOC(=O)c1ncccc1Oc1ccc(F)cc1F. The van der Waals surface area contributed by atoms with Crippen LogP contribution in [0, 0.1) is 11.6 Å². The second kappa shape index (κ2) is 6.10. The Balaban J connectivity index is 2.31. The van der Waals surface area contributed by atoms with E-state index in [9.17, 15) is 13.6 Å². The van der Waals surface area contributed by atoms with Crippen LogP contribution in [-0.4, -0.2) is 17.6 Å². The lowest BCUT2D eigenvalue weighted by molar-refractivity contribution is 0.0516. The van der Waals surface area contributed by atoms with Crippen molar-refractivity contribution in [3.63, 3.8) is 0 Å². The highest BCUT2D eigenvalue weighted by atomic mass is 19.1. The average Bonchev–Trinajstić information content (AvgIpc) is 2.43. The van der Waals surface area contributed by atoms with Gasteiger partial charge < -0.3 is 9.47 Å². The second-order valence-electron chi connectivity index (χ2n) is 3.75. The maximum absolute atomic E-state index is 13.5. The van der Waals surface area contributed by atoms with Gasteiger partial charge in [0.25, 0.3) is 0 Å². The Bertz CT molecular complexity index is 632. The van der Waals surface area contributed by atoms with Gasteiger partial charge in [-0.2, -0.15) is 0 Å². The molecule has 0 aliphatic heterocycles. The van der Waals surface area contributed by atoms with Crippen LogP contribution in [0.15, 0.2) is 36.5 Å². The standard InChI is InChI=1S/C14H11F2NO3/c1-2-19-14(18)13-12(4-3-7-17-13)20-11-6-5-9(15)8-10(11)16/h3-8H,2H2,1H3. The molecule has 1 aromatic carbocycles. The summed E-state index contributed by atoms with van der Waals surface area (Å²) in [4.78, 5) is 15.5. The number of hydrogen-bond acceptors (Lipinski definition) is 4. The van der Waals surface area contributed by atoms with Gasteiger partial charge in [-0.25, -0.2) is 18.6 Å². The minimum Gasteiger partial charge on any atom is -0.461 e. The van der Waals surface area contributed by atoms with Crippen LogP contribution in [0.4, 0.5) is 8.78 Å². The molecule has 20 heavy (non-hydrogen) atoms. The first-order valence-corrected chi connectivity index (χ1v) is 5.87. The molecule has 104 valence electrons. The van der Waals surface area contributed by atoms with E-state index < -0.39 is 17.6 Å². The maximum atomic E-state index is 13.5. The predicted molar refractivity (Wildman–Crippen MR) is 66.6 cm³/mol. The molecule has 1 heterocycles. The minimum atomic E-state index is -0.872. The zero-order valence-corrected chi connectivity index (χ0v) is 10.6. The fraction of sp³-hybridized carbons (Fsp3) is 0.143. The Kier molecular flexibility index (Phi) is 4.24. The normalized spacial score (nSPS) is 10.2. The molecule has 2 rings (SSSR count). The first-order valence-electron chi connectivity index (χ1n) is 5.87. The van der Waals surface area contributed by atoms with Crippen LogP contribution in [0.3, 0.4) is 0 Å². The molecular weight excluding hydrogens is 268 g/mol. The molecule has 0 radical (unpaired) electrons. The smallest absolute Gasteiger partial charge is 0.360 e. The molecule has 0 spiro atoms. The molecule has 2 aromatic rings. The highest BCUT2D eigenvalue weighted by molar-refractivity contribution is 5.90. The highest BCUT2D eigenvalue weighted by Gasteiger charge is 2.17. The molecule has 6 heteroatoms. The molecule has 4 nitrogen and oxygen atoms in total. The molecule has 0 saturated carbocycles. The number of benzene rings is 1. The van der Waals surface area contributed by atoms with Crippen molar-refractivity contribution in [2.75, 3.05) is 6.61 Å². The molecule has 1 aromatic heterocycles. The number of nitrogens with zero attached hydrogens (tertiary/aromatic N) is 1. The Morgan fingerprint density at radius 1 is 1.25 bits per heavy atom. The summed E-state index contributed by atoms with van der Waals surface area (Å²) in [5.74, 6) is -2.43. The number of carbonyl (C=O) groups excluding carboxylic acids is 1. The number of rotatable bonds is 4. The Morgan fingerprint density at radius 2 is 2.05 bits per heavy atom. The lowest BCUT2D eigenvalue weighted by Gasteiger charge is -2.10. The lowest BCUT2D eigenvalue weighted by atomic mass is 10.3. The van der Waals surface area contributed by atoms with Crippen molar-refractivity contribution >= 4 is 5.97 Å². The highest BCUT2D eigenvalue weighted by Crippen LogP contribution is 2.27. The molecule has 0 N–H and O–H groups in total. The van der Waals surface area contributed by atoms with Crippen molar-refractivity contribution in [3.05, 3.63) is 53.9 Å². The molecule has 0 fully saturated rings. The van der Waals surface area contributed by atoms with E-state index in [-0.39, 0.29) is 23.8 Å². The summed E-state index contributed by atoms with van der Waals surface area (Å²) in [6.07, 6.45) is 1.39. The van der Waals surface area contributed by atoms with Gasteiger partial charge in [-0.05, 0) is 31.2 Å². The molecule has 0 aliphatic rings. The third kappa shape index (κ3) is 3.09. The summed E-state index contributed by atoms with van der Waals surface area (Å²) in [6, 6.07) is 5.85. The number of halogens is 2. The van der Waals surface area contributed by atoms with E-state index in [0.29, 0.717) is 6.07 Å². The largest absolute Gasteiger partial charge is 0.461 e. The Labute approximate surface area is 114 Å². The first-order chi connectivity index (χ1) is 9.61. The summed E-state index contributed by atoms with van der Waals surface area (Å²) in [5.41, 5.74) is -0.0712. The third-order valence-corrected chi connectivity index (χ3v) is 2.35. The summed E-state index contributed by atoms with van der Waals surface area (Å²) < 4.78 is 36.4. The van der Waals surface area contributed by atoms with Crippen LogP contribution in [0.5, 0.6) is 11.5 Å². The van der Waals surface area contributed by atoms with Gasteiger partial charge in [0, 0.05) is 12.3 Å². The molecular formula is C14H11F2NO3. The van der Waals surface area contributed by atoms with Crippen LogP contribution in [0.1, 0.15) is 17.4 Å². The van der Waals surface area contributed by atoms with E-state index in [1.807, 2.05) is 0 Å². The fourth-order valence-electron chi connectivity index (χ4n) is 1.50. The van der Waals surface area contributed by atoms with Gasteiger partial charge in [0.05, 0.1) is 6.61 Å². The average molecular weight is 279 g/mol. The number of pyridine rings is 1. The summed E-state index contributed by atoms with van der Waals surface area (Å²) in [7, 11) is 0. The predicted octanol–water partition coefficient (Wildman–Crippen LogP) is 3.33. The van der Waals surface area contributed by atoms with E-state index in [1.54, 1.807) is 6.92 Å². The van der Waals surface area contributed by atoms with Crippen LogP contribution in [-0.2, 0) is 4.74 Å². The number of aromatic nitrogens is 1. The fourth-order valence-corrected chi connectivity index (χ4v) is 1.50. The Hall–Kier alpha value is -2.50. The summed E-state index contributed by atoms with van der Waals surface area (Å²) >= 11 is 0. The van der Waals surface area contributed by atoms with E-state index >= 15 is 0 Å². The van der Waals surface area contributed by atoms with Crippen LogP contribution >= 0.6 is 0 Å². The van der Waals surface area contributed by atoms with Crippen molar-refractivity contribution in [1.29, 1.82) is 0 Å². The Morgan fingerprint density at radius 3 is 2.75 bits per heavy atom. The van der Waals surface area contributed by atoms with E-state index in [1.165, 1.54) is 18.3 Å². The molecule has 0 bridgehead atoms. The zero-order valence-electron chi connectivity index (χ0n) is 10.6. The van der Waals surface area contributed by atoms with Crippen molar-refractivity contribution in [2.24, 2.45) is 0 Å². The molecule has 0 aliphatic carbocycles. The molecule has 0 unspecified atom stereocenters. The van der Waals surface area contributed by atoms with E-state index in [4.69, 9.17) is 9.47 Å². The van der Waals surface area contributed by atoms with Crippen molar-refractivity contribution < 1.29 is 23.0 Å². The maximum Gasteiger partial charge on any atom is 0.360 e. The molecule has 0 saturated heterocycles. The first kappa shape index (κ1) is 13.9. The number of carbonyl (C=O) groups is 1. The van der Waals surface area contributed by atoms with E-state index in [2.05, 4.69) is 4.98 Å². The van der Waals surface area contributed by atoms with Crippen LogP contribution in [0.25, 0.3) is 0 Å². The second-order valence-corrected chi connectivity index (χ2v) is 3.75. The molecule has 0 amide bonds. The topological polar surface area (TPSA) is 48.4 Å². The van der Waals surface area contributed by atoms with Crippen LogP contribution in [0.2, 0.25) is 0 Å². The van der Waals surface area contributed by atoms with Crippen molar-refractivity contribution in [2.45, 2.75) is 6.92 Å². The van der Waals surface area contributed by atoms with Gasteiger partial charge in [0.2, 0.25) is 0 Å². The number of esters is 1.